The zero-order chi connectivity index (χ0) is 17.8. The van der Waals surface area contributed by atoms with Crippen molar-refractivity contribution in [1.29, 1.82) is 0 Å². The van der Waals surface area contributed by atoms with Gasteiger partial charge >= 0.3 is 0 Å². The summed E-state index contributed by atoms with van der Waals surface area (Å²) in [5.41, 5.74) is -0.494. The molecule has 1 aliphatic heterocycles. The molecule has 25 heavy (non-hydrogen) atoms. The lowest BCUT2D eigenvalue weighted by Gasteiger charge is -2.08. The first-order chi connectivity index (χ1) is 12.0. The molecule has 8 nitrogen and oxygen atoms in total. The molecule has 1 aromatic heterocycles. The molecular weight excluding hydrogens is 349 g/mol. The maximum Gasteiger partial charge on any atom is 0.271 e. The Morgan fingerprint density at radius 3 is 3.00 bits per heavy atom. The van der Waals surface area contributed by atoms with Crippen molar-refractivity contribution in [2.75, 3.05) is 11.1 Å². The van der Waals surface area contributed by atoms with E-state index < -0.39 is 16.6 Å². The van der Waals surface area contributed by atoms with Crippen molar-refractivity contribution in [2.45, 2.75) is 37.4 Å². The van der Waals surface area contributed by atoms with E-state index >= 15 is 0 Å². The fraction of sp³-hybridized carbons (Fsp3) is 0.400. The summed E-state index contributed by atoms with van der Waals surface area (Å²) >= 11 is 1.22. The first-order valence-electron chi connectivity index (χ1n) is 7.83. The average molecular weight is 365 g/mol. The topological polar surface area (TPSA) is 103 Å². The smallest absolute Gasteiger partial charge is 0.271 e. The molecule has 1 N–H and O–H groups in total. The second kappa shape index (κ2) is 7.60. The number of thioether (sulfide) groups is 1. The van der Waals surface area contributed by atoms with E-state index in [9.17, 15) is 19.3 Å². The van der Waals surface area contributed by atoms with Crippen molar-refractivity contribution in [2.24, 2.45) is 0 Å². The first-order valence-corrected chi connectivity index (χ1v) is 8.82. The van der Waals surface area contributed by atoms with Gasteiger partial charge in [0.25, 0.3) is 5.69 Å². The summed E-state index contributed by atoms with van der Waals surface area (Å²) in [6.45, 7) is 0.825. The van der Waals surface area contributed by atoms with Crippen LogP contribution in [0.25, 0.3) is 0 Å². The molecule has 2 aromatic rings. The Kier molecular flexibility index (Phi) is 5.27. The Morgan fingerprint density at radius 1 is 1.36 bits per heavy atom. The first kappa shape index (κ1) is 17.3. The number of hydrogen-bond acceptors (Lipinski definition) is 6. The van der Waals surface area contributed by atoms with Gasteiger partial charge in [-0.2, -0.15) is 0 Å². The van der Waals surface area contributed by atoms with Crippen LogP contribution in [0.5, 0.6) is 0 Å². The van der Waals surface area contributed by atoms with Gasteiger partial charge in [0.2, 0.25) is 5.91 Å². The predicted molar refractivity (Wildman–Crippen MR) is 90.0 cm³/mol. The third-order valence-corrected chi connectivity index (χ3v) is 4.81. The van der Waals surface area contributed by atoms with E-state index in [0.717, 1.165) is 56.3 Å². The minimum atomic E-state index is -0.722. The lowest BCUT2D eigenvalue weighted by molar-refractivity contribution is -0.384. The minimum absolute atomic E-state index is 0.0142. The lowest BCUT2D eigenvalue weighted by Crippen LogP contribution is -2.16. The van der Waals surface area contributed by atoms with Crippen LogP contribution in [0.2, 0.25) is 0 Å². The highest BCUT2D eigenvalue weighted by atomic mass is 32.2. The number of nitro groups is 1. The average Bonchev–Trinajstić information content (AvgIpc) is 2.81. The number of fused-ring (bicyclic) bond motifs is 1. The number of hydrogen-bond donors (Lipinski definition) is 1. The maximum absolute atomic E-state index is 13.7. The minimum Gasteiger partial charge on any atom is -0.323 e. The number of halogens is 1. The van der Waals surface area contributed by atoms with Crippen LogP contribution in [-0.2, 0) is 17.8 Å². The number of aryl methyl sites for hydroxylation is 1. The number of benzene rings is 1. The fourth-order valence-electron chi connectivity index (χ4n) is 2.60. The highest BCUT2D eigenvalue weighted by molar-refractivity contribution is 7.99. The van der Waals surface area contributed by atoms with Crippen molar-refractivity contribution in [3.05, 3.63) is 40.0 Å². The molecule has 132 valence electrons. The number of amides is 1. The van der Waals surface area contributed by atoms with Crippen molar-refractivity contribution in [1.82, 2.24) is 14.8 Å². The van der Waals surface area contributed by atoms with Crippen molar-refractivity contribution in [3.8, 4) is 0 Å². The molecule has 0 bridgehead atoms. The third-order valence-electron chi connectivity index (χ3n) is 3.84. The van der Waals surface area contributed by atoms with E-state index in [1.54, 1.807) is 0 Å². The van der Waals surface area contributed by atoms with Crippen LogP contribution in [-0.4, -0.2) is 31.3 Å². The number of rotatable bonds is 5. The number of nitro benzene ring substituents is 1. The summed E-state index contributed by atoms with van der Waals surface area (Å²) in [7, 11) is 0. The third kappa shape index (κ3) is 4.13. The molecule has 0 aliphatic carbocycles. The van der Waals surface area contributed by atoms with Gasteiger partial charge in [0.15, 0.2) is 5.16 Å². The largest absolute Gasteiger partial charge is 0.323 e. The van der Waals surface area contributed by atoms with Crippen LogP contribution in [0.4, 0.5) is 15.8 Å². The van der Waals surface area contributed by atoms with E-state index in [1.165, 1.54) is 11.8 Å². The Balaban J connectivity index is 1.63. The van der Waals surface area contributed by atoms with Gasteiger partial charge in [-0.05, 0) is 18.9 Å². The molecule has 0 radical (unpaired) electrons. The number of carbonyl (C=O) groups is 1. The normalized spacial score (nSPS) is 13.8. The van der Waals surface area contributed by atoms with Crippen molar-refractivity contribution < 1.29 is 14.1 Å². The summed E-state index contributed by atoms with van der Waals surface area (Å²) < 4.78 is 15.7. The second-order valence-electron chi connectivity index (χ2n) is 5.62. The zero-order valence-electron chi connectivity index (χ0n) is 13.3. The molecule has 10 heteroatoms. The summed E-state index contributed by atoms with van der Waals surface area (Å²) in [5, 5.41) is 22.0. The van der Waals surface area contributed by atoms with Crippen LogP contribution in [0.15, 0.2) is 23.4 Å². The highest BCUT2D eigenvalue weighted by Gasteiger charge is 2.17. The molecule has 0 atom stereocenters. The van der Waals surface area contributed by atoms with Crippen molar-refractivity contribution in [3.63, 3.8) is 0 Å². The number of non-ortho nitro benzene ring substituents is 1. The van der Waals surface area contributed by atoms with Crippen LogP contribution in [0, 0.1) is 15.9 Å². The number of carbonyl (C=O) groups excluding carboxylic acids is 1. The highest BCUT2D eigenvalue weighted by Crippen LogP contribution is 2.24. The molecule has 0 saturated heterocycles. The van der Waals surface area contributed by atoms with Gasteiger partial charge in [0.05, 0.1) is 16.4 Å². The van der Waals surface area contributed by atoms with E-state index in [-0.39, 0.29) is 17.1 Å². The molecule has 2 heterocycles. The number of nitrogens with one attached hydrogen (secondary N) is 1. The molecule has 3 rings (SSSR count). The summed E-state index contributed by atoms with van der Waals surface area (Å²) in [6, 6.07) is 3.01. The maximum atomic E-state index is 13.7. The molecule has 0 fully saturated rings. The molecule has 0 unspecified atom stereocenters. The van der Waals surface area contributed by atoms with Gasteiger partial charge in [0, 0.05) is 25.1 Å². The molecule has 1 aliphatic rings. The fourth-order valence-corrected chi connectivity index (χ4v) is 3.39. The van der Waals surface area contributed by atoms with Gasteiger partial charge in [0.1, 0.15) is 11.6 Å². The van der Waals surface area contributed by atoms with Gasteiger partial charge < -0.3 is 9.88 Å². The molecule has 0 spiro atoms. The van der Waals surface area contributed by atoms with Gasteiger partial charge in [-0.1, -0.05) is 18.2 Å². The Bertz CT molecular complexity index is 810. The second-order valence-corrected chi connectivity index (χ2v) is 6.56. The zero-order valence-corrected chi connectivity index (χ0v) is 14.1. The predicted octanol–water partition coefficient (Wildman–Crippen LogP) is 2.78. The lowest BCUT2D eigenvalue weighted by atomic mass is 10.2. The standard InChI is InChI=1S/C15H16FN5O3S/c16-11-6-5-10(21(23)24)8-12(11)17-14(22)9-25-15-19-18-13-4-2-1-3-7-20(13)15/h5-6,8H,1-4,7,9H2,(H,17,22). The van der Waals surface area contributed by atoms with E-state index in [1.807, 2.05) is 4.57 Å². The Hall–Kier alpha value is -2.49. The van der Waals surface area contributed by atoms with E-state index in [0.29, 0.717) is 5.16 Å². The molecule has 1 aromatic carbocycles. The number of anilines is 1. The summed E-state index contributed by atoms with van der Waals surface area (Å²) in [5.74, 6) is -0.249. The SMILES string of the molecule is O=C(CSc1nnc2n1CCCCC2)Nc1cc([N+](=O)[O-])ccc1F. The Morgan fingerprint density at radius 2 is 2.20 bits per heavy atom. The summed E-state index contributed by atoms with van der Waals surface area (Å²) in [4.78, 5) is 22.2. The van der Waals surface area contributed by atoms with Crippen LogP contribution in [0.3, 0.4) is 0 Å². The van der Waals surface area contributed by atoms with Gasteiger partial charge in [-0.25, -0.2) is 4.39 Å². The molecular formula is C15H16FN5O3S. The monoisotopic (exact) mass is 365 g/mol. The molecule has 0 saturated carbocycles. The van der Waals surface area contributed by atoms with Gasteiger partial charge in [-0.15, -0.1) is 10.2 Å². The molecule has 1 amide bonds. The van der Waals surface area contributed by atoms with E-state index in [4.69, 9.17) is 0 Å². The van der Waals surface area contributed by atoms with Crippen LogP contribution >= 0.6 is 11.8 Å². The van der Waals surface area contributed by atoms with Crippen LogP contribution < -0.4 is 5.32 Å². The van der Waals surface area contributed by atoms with Gasteiger partial charge in [-0.3, -0.25) is 14.9 Å². The van der Waals surface area contributed by atoms with Crippen molar-refractivity contribution >= 4 is 29.0 Å². The Labute approximate surface area is 147 Å². The van der Waals surface area contributed by atoms with Crippen LogP contribution in [0.1, 0.15) is 25.1 Å². The number of nitrogens with zero attached hydrogens (tertiary/aromatic N) is 4. The quantitative estimate of drug-likeness (QED) is 0.496. The number of aromatic nitrogens is 3. The summed E-state index contributed by atoms with van der Waals surface area (Å²) in [6.07, 6.45) is 4.14. The van der Waals surface area contributed by atoms with E-state index in [2.05, 4.69) is 15.5 Å².